The van der Waals surface area contributed by atoms with Crippen LogP contribution >= 0.6 is 0 Å². The van der Waals surface area contributed by atoms with Gasteiger partial charge in [-0.3, -0.25) is 4.79 Å². The topological polar surface area (TPSA) is 52.3 Å². The third-order valence-corrected chi connectivity index (χ3v) is 3.82. The number of nitrogen functional groups attached to an aromatic ring is 1. The lowest BCUT2D eigenvalue weighted by atomic mass is 9.93. The van der Waals surface area contributed by atoms with Gasteiger partial charge in [0, 0.05) is 12.0 Å². The molecule has 1 unspecified atom stereocenters. The summed E-state index contributed by atoms with van der Waals surface area (Å²) in [6.45, 7) is 0.591. The van der Waals surface area contributed by atoms with E-state index in [4.69, 9.17) is 10.5 Å². The number of ether oxygens (including phenoxy) is 1. The highest BCUT2D eigenvalue weighted by molar-refractivity contribution is 6.01. The summed E-state index contributed by atoms with van der Waals surface area (Å²) >= 11 is 0. The minimum absolute atomic E-state index is 0.0911. The van der Waals surface area contributed by atoms with E-state index in [2.05, 4.69) is 0 Å². The molecule has 1 atom stereocenters. The Balaban J connectivity index is 1.85. The van der Waals surface area contributed by atoms with E-state index in [1.165, 1.54) is 17.7 Å². The molecule has 2 aromatic rings. The van der Waals surface area contributed by atoms with Gasteiger partial charge in [0.15, 0.2) is 5.78 Å². The molecule has 2 aromatic carbocycles. The summed E-state index contributed by atoms with van der Waals surface area (Å²) in [6.07, 6.45) is 0.735. The molecule has 1 aliphatic rings. The second-order valence-electron chi connectivity index (χ2n) is 5.14. The average Bonchev–Trinajstić information content (AvgIpc) is 2.50. The maximum absolute atomic E-state index is 13.4. The molecule has 0 amide bonds. The molecule has 4 heteroatoms. The number of carbonyl (C=O) groups is 1. The first kappa shape index (κ1) is 13.8. The summed E-state index contributed by atoms with van der Waals surface area (Å²) < 4.78 is 19.2. The number of benzene rings is 2. The quantitative estimate of drug-likeness (QED) is 0.695. The van der Waals surface area contributed by atoms with Crippen LogP contribution in [0.3, 0.4) is 0 Å². The van der Waals surface area contributed by atoms with Crippen molar-refractivity contribution in [1.29, 1.82) is 0 Å². The van der Waals surface area contributed by atoms with E-state index < -0.39 is 5.82 Å². The van der Waals surface area contributed by atoms with Gasteiger partial charge in [0.25, 0.3) is 0 Å². The Hall–Kier alpha value is -2.20. The molecule has 21 heavy (non-hydrogen) atoms. The zero-order valence-corrected chi connectivity index (χ0v) is 11.5. The predicted molar refractivity (Wildman–Crippen MR) is 78.6 cm³/mol. The lowest BCUT2D eigenvalue weighted by molar-refractivity contribution is 0.0352. The fourth-order valence-electron chi connectivity index (χ4n) is 2.70. The number of para-hydroxylation sites is 1. The van der Waals surface area contributed by atoms with Gasteiger partial charge < -0.3 is 10.5 Å². The van der Waals surface area contributed by atoms with Gasteiger partial charge in [-0.1, -0.05) is 30.3 Å². The van der Waals surface area contributed by atoms with Crippen molar-refractivity contribution in [3.63, 3.8) is 0 Å². The van der Waals surface area contributed by atoms with Gasteiger partial charge in [-0.2, -0.15) is 0 Å². The van der Waals surface area contributed by atoms with E-state index in [0.717, 1.165) is 12.0 Å². The first-order valence-corrected chi connectivity index (χ1v) is 6.93. The second-order valence-corrected chi connectivity index (χ2v) is 5.14. The molecule has 0 saturated heterocycles. The molecule has 0 saturated carbocycles. The number of fused-ring (bicyclic) bond motifs is 1. The van der Waals surface area contributed by atoms with Crippen molar-refractivity contribution in [1.82, 2.24) is 0 Å². The largest absolute Gasteiger partial charge is 0.396 e. The minimum Gasteiger partial charge on any atom is -0.396 e. The first-order chi connectivity index (χ1) is 10.2. The average molecular weight is 285 g/mol. The molecule has 3 nitrogen and oxygen atoms in total. The summed E-state index contributed by atoms with van der Waals surface area (Å²) in [5, 5.41) is 0. The van der Waals surface area contributed by atoms with Crippen LogP contribution in [0.2, 0.25) is 0 Å². The Morgan fingerprint density at radius 3 is 2.90 bits per heavy atom. The molecule has 3 rings (SSSR count). The van der Waals surface area contributed by atoms with Crippen molar-refractivity contribution in [3.8, 4) is 0 Å². The van der Waals surface area contributed by atoms with Crippen LogP contribution in [0, 0.1) is 5.82 Å². The van der Waals surface area contributed by atoms with Crippen molar-refractivity contribution in [2.24, 2.45) is 0 Å². The second kappa shape index (κ2) is 5.66. The van der Waals surface area contributed by atoms with Crippen LogP contribution in [0.15, 0.2) is 42.5 Å². The Morgan fingerprint density at radius 1 is 1.24 bits per heavy atom. The highest BCUT2D eigenvalue weighted by Crippen LogP contribution is 2.31. The zero-order valence-electron chi connectivity index (χ0n) is 11.5. The normalized spacial score (nSPS) is 17.3. The summed E-state index contributed by atoms with van der Waals surface area (Å²) in [7, 11) is 0. The highest BCUT2D eigenvalue weighted by Gasteiger charge is 2.24. The van der Waals surface area contributed by atoms with Crippen molar-refractivity contribution in [3.05, 3.63) is 65.0 Å². The van der Waals surface area contributed by atoms with Gasteiger partial charge in [-0.25, -0.2) is 4.39 Å². The molecule has 0 aliphatic carbocycles. The standard InChI is InChI=1S/C17H16FNO2/c18-14-7-3-6-13(17(14)19)15(20)10-16-12-5-2-1-4-11(12)8-9-21-16/h1-7,16H,8-10,19H2. The zero-order chi connectivity index (χ0) is 14.8. The first-order valence-electron chi connectivity index (χ1n) is 6.93. The van der Waals surface area contributed by atoms with Crippen molar-refractivity contribution in [2.45, 2.75) is 18.9 Å². The van der Waals surface area contributed by atoms with Crippen LogP contribution in [-0.4, -0.2) is 12.4 Å². The fraction of sp³-hybridized carbons (Fsp3) is 0.235. The molecule has 0 radical (unpaired) electrons. The van der Waals surface area contributed by atoms with Crippen LogP contribution in [0.5, 0.6) is 0 Å². The molecule has 0 fully saturated rings. The van der Waals surface area contributed by atoms with E-state index >= 15 is 0 Å². The molecule has 108 valence electrons. The third kappa shape index (κ3) is 2.67. The van der Waals surface area contributed by atoms with E-state index in [1.54, 1.807) is 6.07 Å². The molecular weight excluding hydrogens is 269 g/mol. The van der Waals surface area contributed by atoms with Gasteiger partial charge in [0.05, 0.1) is 18.4 Å². The number of ketones is 1. The molecule has 0 bridgehead atoms. The summed E-state index contributed by atoms with van der Waals surface area (Å²) in [5.41, 5.74) is 8.02. The highest BCUT2D eigenvalue weighted by atomic mass is 19.1. The predicted octanol–water partition coefficient (Wildman–Crippen LogP) is 3.29. The van der Waals surface area contributed by atoms with E-state index in [9.17, 15) is 9.18 Å². The number of anilines is 1. The van der Waals surface area contributed by atoms with Crippen molar-refractivity contribution >= 4 is 11.5 Å². The maximum atomic E-state index is 13.4. The van der Waals surface area contributed by atoms with Gasteiger partial charge in [-0.15, -0.1) is 0 Å². The SMILES string of the molecule is Nc1c(F)cccc1C(=O)CC1OCCc2ccccc21. The van der Waals surface area contributed by atoms with Gasteiger partial charge in [0.2, 0.25) is 0 Å². The van der Waals surface area contributed by atoms with E-state index in [0.29, 0.717) is 6.61 Å². The van der Waals surface area contributed by atoms with Crippen LogP contribution in [-0.2, 0) is 11.2 Å². The monoisotopic (exact) mass is 285 g/mol. The lowest BCUT2D eigenvalue weighted by Gasteiger charge is -2.25. The van der Waals surface area contributed by atoms with Crippen molar-refractivity contribution in [2.75, 3.05) is 12.3 Å². The van der Waals surface area contributed by atoms with E-state index in [-0.39, 0.29) is 29.6 Å². The smallest absolute Gasteiger partial charge is 0.167 e. The van der Waals surface area contributed by atoms with Crippen LogP contribution in [0.4, 0.5) is 10.1 Å². The molecule has 0 aromatic heterocycles. The summed E-state index contributed by atoms with van der Waals surface area (Å²) in [5.74, 6) is -0.764. The minimum atomic E-state index is -0.564. The molecule has 0 spiro atoms. The number of rotatable bonds is 3. The number of hydrogen-bond donors (Lipinski definition) is 1. The number of halogens is 1. The van der Waals surface area contributed by atoms with Crippen LogP contribution < -0.4 is 5.73 Å². The summed E-state index contributed by atoms with van der Waals surface area (Å²) in [6, 6.07) is 12.2. The Morgan fingerprint density at radius 2 is 2.05 bits per heavy atom. The maximum Gasteiger partial charge on any atom is 0.167 e. The Kier molecular flexibility index (Phi) is 3.71. The Labute approximate surface area is 122 Å². The number of hydrogen-bond acceptors (Lipinski definition) is 3. The summed E-state index contributed by atoms with van der Waals surface area (Å²) in [4.78, 5) is 12.4. The number of carbonyl (C=O) groups excluding carboxylic acids is 1. The third-order valence-electron chi connectivity index (χ3n) is 3.82. The molecule has 1 heterocycles. The van der Waals surface area contributed by atoms with E-state index in [1.807, 2.05) is 24.3 Å². The fourth-order valence-corrected chi connectivity index (χ4v) is 2.70. The molecule has 2 N–H and O–H groups in total. The van der Waals surface area contributed by atoms with Crippen LogP contribution in [0.25, 0.3) is 0 Å². The van der Waals surface area contributed by atoms with Gasteiger partial charge in [-0.05, 0) is 29.7 Å². The van der Waals surface area contributed by atoms with Crippen molar-refractivity contribution < 1.29 is 13.9 Å². The molecule has 1 aliphatic heterocycles. The van der Waals surface area contributed by atoms with Gasteiger partial charge >= 0.3 is 0 Å². The molecular formula is C17H16FNO2. The number of nitrogens with two attached hydrogens (primary N) is 1. The van der Waals surface area contributed by atoms with Crippen LogP contribution in [0.1, 0.15) is 34.0 Å². The Bertz CT molecular complexity index is 684. The lowest BCUT2D eigenvalue weighted by Crippen LogP contribution is -2.19. The van der Waals surface area contributed by atoms with Gasteiger partial charge in [0.1, 0.15) is 5.82 Å². The number of Topliss-reactive ketones (excluding diaryl/α,β-unsaturated/α-hetero) is 1.